The molecule has 0 saturated heterocycles. The van der Waals surface area contributed by atoms with Gasteiger partial charge in [0.2, 0.25) is 5.91 Å². The van der Waals surface area contributed by atoms with Gasteiger partial charge in [0, 0.05) is 32.2 Å². The van der Waals surface area contributed by atoms with Crippen LogP contribution in [-0.4, -0.2) is 35.0 Å². The summed E-state index contributed by atoms with van der Waals surface area (Å²) in [6.07, 6.45) is 5.08. The zero-order valence-electron chi connectivity index (χ0n) is 18.1. The Labute approximate surface area is 180 Å². The third kappa shape index (κ3) is 5.22. The summed E-state index contributed by atoms with van der Waals surface area (Å²) in [5, 5.41) is 2.12. The number of anilines is 1. The number of hydrogen-bond acceptors (Lipinski definition) is 4. The van der Waals surface area contributed by atoms with Gasteiger partial charge in [-0.15, -0.1) is 0 Å². The van der Waals surface area contributed by atoms with E-state index in [2.05, 4.69) is 5.32 Å². The van der Waals surface area contributed by atoms with Gasteiger partial charge in [0.05, 0.1) is 4.90 Å². The van der Waals surface area contributed by atoms with E-state index in [1.54, 1.807) is 24.3 Å². The van der Waals surface area contributed by atoms with Crippen LogP contribution in [0.2, 0.25) is 0 Å². The summed E-state index contributed by atoms with van der Waals surface area (Å²) in [6.45, 7) is 2.01. The van der Waals surface area contributed by atoms with E-state index >= 15 is 0 Å². The highest BCUT2D eigenvalue weighted by Crippen LogP contribution is 2.30. The van der Waals surface area contributed by atoms with Gasteiger partial charge >= 0.3 is 0 Å². The normalized spacial score (nSPS) is 16.1. The Hall–Kier alpha value is -2.34. The molecule has 2 aromatic rings. The van der Waals surface area contributed by atoms with Crippen molar-refractivity contribution in [3.63, 3.8) is 0 Å². The minimum Gasteiger partial charge on any atom is -0.378 e. The van der Waals surface area contributed by atoms with Gasteiger partial charge in [0.15, 0.2) is 9.84 Å². The molecule has 0 aliphatic heterocycles. The maximum atomic E-state index is 13.5. The molecule has 1 aliphatic carbocycles. The average Bonchev–Trinajstić information content (AvgIpc) is 2.75. The second kappa shape index (κ2) is 9.65. The third-order valence-corrected chi connectivity index (χ3v) is 8.06. The molecule has 1 saturated carbocycles. The van der Waals surface area contributed by atoms with E-state index in [9.17, 15) is 13.2 Å². The maximum absolute atomic E-state index is 13.5. The lowest BCUT2D eigenvalue weighted by molar-refractivity contribution is -0.125. The maximum Gasteiger partial charge on any atom is 0.223 e. The zero-order chi connectivity index (χ0) is 21.7. The minimum atomic E-state index is -3.66. The first-order valence-corrected chi connectivity index (χ1v) is 12.2. The van der Waals surface area contributed by atoms with E-state index in [0.717, 1.165) is 36.9 Å². The van der Waals surface area contributed by atoms with Crippen LogP contribution in [0, 0.1) is 12.8 Å². The third-order valence-electron chi connectivity index (χ3n) is 5.94. The molecule has 1 fully saturated rings. The van der Waals surface area contributed by atoms with E-state index < -0.39 is 15.1 Å². The van der Waals surface area contributed by atoms with Crippen molar-refractivity contribution in [3.05, 3.63) is 59.7 Å². The highest BCUT2D eigenvalue weighted by molar-refractivity contribution is 7.91. The predicted octanol–water partition coefficient (Wildman–Crippen LogP) is 4.27. The zero-order valence-corrected chi connectivity index (χ0v) is 18.9. The van der Waals surface area contributed by atoms with Crippen LogP contribution in [-0.2, 0) is 14.6 Å². The predicted molar refractivity (Wildman–Crippen MR) is 121 cm³/mol. The van der Waals surface area contributed by atoms with Gasteiger partial charge in [0.25, 0.3) is 0 Å². The van der Waals surface area contributed by atoms with Crippen LogP contribution in [0.15, 0.2) is 53.4 Å². The van der Waals surface area contributed by atoms with Crippen LogP contribution < -0.4 is 10.2 Å². The van der Waals surface area contributed by atoms with Gasteiger partial charge in [-0.2, -0.15) is 0 Å². The lowest BCUT2D eigenvalue weighted by Gasteiger charge is -2.24. The van der Waals surface area contributed by atoms with Crippen molar-refractivity contribution >= 4 is 21.4 Å². The van der Waals surface area contributed by atoms with Crippen LogP contribution >= 0.6 is 0 Å². The van der Waals surface area contributed by atoms with Crippen LogP contribution in [0.1, 0.15) is 48.5 Å². The van der Waals surface area contributed by atoms with Gasteiger partial charge < -0.3 is 10.2 Å². The minimum absolute atomic E-state index is 0.00223. The van der Waals surface area contributed by atoms with Crippen LogP contribution in [0.5, 0.6) is 0 Å². The van der Waals surface area contributed by atoms with Crippen LogP contribution in [0.4, 0.5) is 5.69 Å². The van der Waals surface area contributed by atoms with Gasteiger partial charge in [-0.1, -0.05) is 49.1 Å². The number of carbonyl (C=O) groups excluding carboxylic acids is 1. The van der Waals surface area contributed by atoms with Crippen molar-refractivity contribution in [2.75, 3.05) is 25.5 Å². The standard InChI is InChI=1S/C24H32N2O3S/c1-18-9-15-22(16-10-18)30(28,29)23(19-11-13-21(14-12-19)26(2)3)17-25-24(27)20-7-5-4-6-8-20/h9-16,20,23H,4-8,17H2,1-3H3,(H,25,27)/t23-/m0/s1. The number of amides is 1. The molecule has 0 bridgehead atoms. The number of carbonyl (C=O) groups is 1. The lowest BCUT2D eigenvalue weighted by Crippen LogP contribution is -2.36. The fraction of sp³-hybridized carbons (Fsp3) is 0.458. The topological polar surface area (TPSA) is 66.5 Å². The second-order valence-corrected chi connectivity index (χ2v) is 10.5. The number of nitrogens with one attached hydrogen (secondary N) is 1. The van der Waals surface area contributed by atoms with Gasteiger partial charge in [0.1, 0.15) is 5.25 Å². The van der Waals surface area contributed by atoms with Crippen molar-refractivity contribution in [1.29, 1.82) is 0 Å². The molecular weight excluding hydrogens is 396 g/mol. The summed E-state index contributed by atoms with van der Waals surface area (Å²) in [5.74, 6) is -0.0266. The summed E-state index contributed by atoms with van der Waals surface area (Å²) >= 11 is 0. The first kappa shape index (κ1) is 22.3. The largest absolute Gasteiger partial charge is 0.378 e. The first-order valence-electron chi connectivity index (χ1n) is 10.6. The van der Waals surface area contributed by atoms with Gasteiger partial charge in [-0.25, -0.2) is 8.42 Å². The van der Waals surface area contributed by atoms with Crippen LogP contribution in [0.3, 0.4) is 0 Å². The number of rotatable bonds is 7. The molecule has 0 spiro atoms. The molecule has 1 N–H and O–H groups in total. The Morgan fingerprint density at radius 1 is 1.00 bits per heavy atom. The fourth-order valence-corrected chi connectivity index (χ4v) is 5.65. The summed E-state index contributed by atoms with van der Waals surface area (Å²) in [4.78, 5) is 14.9. The molecule has 6 heteroatoms. The first-order chi connectivity index (χ1) is 14.3. The molecule has 2 aromatic carbocycles. The van der Waals surface area contributed by atoms with Crippen LogP contribution in [0.25, 0.3) is 0 Å². The van der Waals surface area contributed by atoms with E-state index in [1.165, 1.54) is 6.42 Å². The molecule has 0 heterocycles. The fourth-order valence-electron chi connectivity index (χ4n) is 3.99. The molecular formula is C24H32N2O3S. The van der Waals surface area contributed by atoms with E-state index in [0.29, 0.717) is 5.56 Å². The molecule has 1 amide bonds. The average molecular weight is 429 g/mol. The smallest absolute Gasteiger partial charge is 0.223 e. The summed E-state index contributed by atoms with van der Waals surface area (Å²) < 4.78 is 27.0. The monoisotopic (exact) mass is 428 g/mol. The molecule has 1 aliphatic rings. The molecule has 5 nitrogen and oxygen atoms in total. The Balaban J connectivity index is 1.87. The van der Waals surface area contributed by atoms with Gasteiger partial charge in [-0.3, -0.25) is 4.79 Å². The quantitative estimate of drug-likeness (QED) is 0.715. The van der Waals surface area contributed by atoms with Crippen molar-refractivity contribution in [2.45, 2.75) is 49.2 Å². The Kier molecular flexibility index (Phi) is 7.19. The summed E-state index contributed by atoms with van der Waals surface area (Å²) in [6, 6.07) is 14.4. The van der Waals surface area contributed by atoms with Crippen molar-refractivity contribution in [1.82, 2.24) is 5.32 Å². The molecule has 1 atom stereocenters. The Morgan fingerprint density at radius 3 is 2.17 bits per heavy atom. The number of aryl methyl sites for hydroxylation is 1. The number of benzene rings is 2. The van der Waals surface area contributed by atoms with E-state index in [-0.39, 0.29) is 23.3 Å². The highest BCUT2D eigenvalue weighted by Gasteiger charge is 2.31. The van der Waals surface area contributed by atoms with Crippen molar-refractivity contribution in [3.8, 4) is 0 Å². The number of nitrogens with zero attached hydrogens (tertiary/aromatic N) is 1. The SMILES string of the molecule is Cc1ccc(S(=O)(=O)[C@@H](CNC(=O)C2CCCCC2)c2ccc(N(C)C)cc2)cc1. The van der Waals surface area contributed by atoms with Gasteiger partial charge in [-0.05, 0) is 49.6 Å². The molecule has 0 unspecified atom stereocenters. The number of hydrogen-bond donors (Lipinski definition) is 1. The highest BCUT2D eigenvalue weighted by atomic mass is 32.2. The number of sulfone groups is 1. The Morgan fingerprint density at radius 2 is 1.60 bits per heavy atom. The summed E-state index contributed by atoms with van der Waals surface area (Å²) in [7, 11) is 0.230. The molecule has 0 radical (unpaired) electrons. The lowest BCUT2D eigenvalue weighted by atomic mass is 9.88. The van der Waals surface area contributed by atoms with Crippen molar-refractivity contribution < 1.29 is 13.2 Å². The molecule has 3 rings (SSSR count). The molecule has 162 valence electrons. The van der Waals surface area contributed by atoms with Crippen molar-refractivity contribution in [2.24, 2.45) is 5.92 Å². The Bertz CT molecular complexity index is 945. The van der Waals surface area contributed by atoms with E-state index in [1.807, 2.05) is 50.2 Å². The van der Waals surface area contributed by atoms with E-state index in [4.69, 9.17) is 0 Å². The summed E-state index contributed by atoms with van der Waals surface area (Å²) in [5.41, 5.74) is 2.69. The molecule has 0 aromatic heterocycles. The second-order valence-electron chi connectivity index (χ2n) is 8.41. The molecule has 30 heavy (non-hydrogen) atoms.